The first-order valence-electron chi connectivity index (χ1n) is 7.00. The van der Waals surface area contributed by atoms with E-state index in [9.17, 15) is 13.2 Å². The fourth-order valence-corrected chi connectivity index (χ4v) is 4.31. The Hall–Kier alpha value is -1.73. The molecule has 0 saturated heterocycles. The molecule has 1 aromatic heterocycles. The van der Waals surface area contributed by atoms with Crippen molar-refractivity contribution in [3.8, 4) is 0 Å². The van der Waals surface area contributed by atoms with Gasteiger partial charge in [0, 0.05) is 10.4 Å². The number of nitrogens with zero attached hydrogens (tertiary/aromatic N) is 3. The molecule has 2 aromatic rings. The van der Waals surface area contributed by atoms with Gasteiger partial charge in [0.25, 0.3) is 0 Å². The van der Waals surface area contributed by atoms with Crippen molar-refractivity contribution in [1.29, 1.82) is 0 Å². The Labute approximate surface area is 140 Å². The minimum absolute atomic E-state index is 0.149. The van der Waals surface area contributed by atoms with Crippen molar-refractivity contribution in [3.63, 3.8) is 0 Å². The van der Waals surface area contributed by atoms with Crippen LogP contribution in [0.3, 0.4) is 0 Å². The first-order valence-corrected chi connectivity index (χ1v) is 9.03. The Morgan fingerprint density at radius 2 is 1.91 bits per heavy atom. The van der Waals surface area contributed by atoms with E-state index in [0.29, 0.717) is 5.02 Å². The largest absolute Gasteiger partial charge is 0.297 e. The molecule has 0 bridgehead atoms. The molecule has 0 saturated carbocycles. The van der Waals surface area contributed by atoms with Crippen LogP contribution < -0.4 is 0 Å². The van der Waals surface area contributed by atoms with Gasteiger partial charge in [-0.05, 0) is 31.2 Å². The van der Waals surface area contributed by atoms with Gasteiger partial charge < -0.3 is 0 Å². The highest BCUT2D eigenvalue weighted by atomic mass is 35.5. The van der Waals surface area contributed by atoms with Gasteiger partial charge >= 0.3 is 0 Å². The van der Waals surface area contributed by atoms with Crippen molar-refractivity contribution >= 4 is 27.2 Å². The molecule has 0 aliphatic rings. The molecule has 0 radical (unpaired) electrons. The summed E-state index contributed by atoms with van der Waals surface area (Å²) in [6, 6.07) is 5.33. The Balaban J connectivity index is 2.22. The van der Waals surface area contributed by atoms with Crippen LogP contribution in [-0.4, -0.2) is 34.7 Å². The summed E-state index contributed by atoms with van der Waals surface area (Å²) in [6.07, 6.45) is 2.77. The molecule has 124 valence electrons. The molecule has 0 N–H and O–H groups in total. The van der Waals surface area contributed by atoms with Crippen molar-refractivity contribution < 1.29 is 13.2 Å². The van der Waals surface area contributed by atoms with Crippen LogP contribution in [0.2, 0.25) is 5.02 Å². The summed E-state index contributed by atoms with van der Waals surface area (Å²) < 4.78 is 26.5. The topological polar surface area (TPSA) is 81.9 Å². The zero-order valence-electron chi connectivity index (χ0n) is 13.1. The van der Waals surface area contributed by atoms with Crippen LogP contribution in [0.15, 0.2) is 41.8 Å². The highest BCUT2D eigenvalue weighted by Gasteiger charge is 2.37. The summed E-state index contributed by atoms with van der Waals surface area (Å²) >= 11 is 5.78. The molecular formula is C15H18ClN3O3S. The lowest BCUT2D eigenvalue weighted by molar-refractivity contribution is -0.129. The smallest absolute Gasteiger partial charge is 0.179 e. The minimum Gasteiger partial charge on any atom is -0.297 e. The molecule has 1 aromatic carbocycles. The van der Waals surface area contributed by atoms with Crippen molar-refractivity contribution in [2.45, 2.75) is 31.7 Å². The maximum absolute atomic E-state index is 12.7. The lowest BCUT2D eigenvalue weighted by atomic mass is 9.87. The van der Waals surface area contributed by atoms with Crippen LogP contribution in [0.25, 0.3) is 0 Å². The summed E-state index contributed by atoms with van der Waals surface area (Å²) in [6.45, 7) is 4.92. The van der Waals surface area contributed by atoms with E-state index in [1.54, 1.807) is 20.8 Å². The van der Waals surface area contributed by atoms with Gasteiger partial charge in [-0.1, -0.05) is 25.4 Å². The normalized spacial score (nSPS) is 13.7. The number of hydrogen-bond acceptors (Lipinski definition) is 5. The van der Waals surface area contributed by atoms with E-state index in [4.69, 9.17) is 11.6 Å². The van der Waals surface area contributed by atoms with Gasteiger partial charge in [0.2, 0.25) is 0 Å². The number of rotatable bonds is 6. The third-order valence-electron chi connectivity index (χ3n) is 3.60. The number of halogens is 1. The molecule has 6 nitrogen and oxygen atoms in total. The average Bonchev–Trinajstić information content (AvgIpc) is 2.99. The molecule has 8 heteroatoms. The molecule has 2 rings (SSSR count). The molecule has 0 aliphatic carbocycles. The van der Waals surface area contributed by atoms with Gasteiger partial charge in [-0.25, -0.2) is 18.1 Å². The Bertz CT molecular complexity index is 784. The van der Waals surface area contributed by atoms with Gasteiger partial charge in [0.05, 0.1) is 10.6 Å². The predicted molar refractivity (Wildman–Crippen MR) is 87.0 cm³/mol. The lowest BCUT2D eigenvalue weighted by Crippen LogP contribution is -2.37. The molecule has 0 amide bonds. The molecule has 0 aliphatic heterocycles. The monoisotopic (exact) mass is 355 g/mol. The summed E-state index contributed by atoms with van der Waals surface area (Å²) in [5, 5.41) is 4.39. The Kier molecular flexibility index (Phi) is 4.91. The van der Waals surface area contributed by atoms with E-state index in [1.807, 2.05) is 0 Å². The number of sulfone groups is 1. The molecule has 1 atom stereocenters. The number of aromatic nitrogens is 3. The average molecular weight is 356 g/mol. The number of benzene rings is 1. The summed E-state index contributed by atoms with van der Waals surface area (Å²) in [4.78, 5) is 16.6. The molecule has 23 heavy (non-hydrogen) atoms. The van der Waals surface area contributed by atoms with Crippen LogP contribution in [0.4, 0.5) is 0 Å². The molecule has 1 heterocycles. The highest BCUT2D eigenvalue weighted by Crippen LogP contribution is 2.28. The van der Waals surface area contributed by atoms with E-state index < -0.39 is 21.3 Å². The lowest BCUT2D eigenvalue weighted by Gasteiger charge is -2.26. The van der Waals surface area contributed by atoms with Gasteiger partial charge in [-0.3, -0.25) is 4.79 Å². The summed E-state index contributed by atoms with van der Waals surface area (Å²) in [5.41, 5.74) is -1.07. The van der Waals surface area contributed by atoms with E-state index >= 15 is 0 Å². The van der Waals surface area contributed by atoms with Crippen molar-refractivity contribution in [2.75, 3.05) is 5.75 Å². The third-order valence-corrected chi connectivity index (χ3v) is 5.95. The van der Waals surface area contributed by atoms with E-state index in [0.717, 1.165) is 0 Å². The second-order valence-corrected chi connectivity index (χ2v) is 8.44. The Morgan fingerprint density at radius 1 is 1.30 bits per heavy atom. The van der Waals surface area contributed by atoms with Crippen molar-refractivity contribution in [3.05, 3.63) is 41.9 Å². The van der Waals surface area contributed by atoms with Gasteiger partial charge in [0.1, 0.15) is 18.7 Å². The van der Waals surface area contributed by atoms with Crippen LogP contribution in [0, 0.1) is 5.41 Å². The van der Waals surface area contributed by atoms with E-state index in [2.05, 4.69) is 10.1 Å². The van der Waals surface area contributed by atoms with Gasteiger partial charge in [-0.15, -0.1) is 0 Å². The zero-order valence-corrected chi connectivity index (χ0v) is 14.7. The minimum atomic E-state index is -3.61. The highest BCUT2D eigenvalue weighted by molar-refractivity contribution is 7.91. The molecule has 0 fully saturated rings. The maximum Gasteiger partial charge on any atom is 0.179 e. The van der Waals surface area contributed by atoms with Crippen LogP contribution >= 0.6 is 11.6 Å². The summed E-state index contributed by atoms with van der Waals surface area (Å²) in [5.74, 6) is -0.514. The number of ketones is 1. The Morgan fingerprint density at radius 3 is 2.43 bits per heavy atom. The van der Waals surface area contributed by atoms with Crippen LogP contribution in [0.1, 0.15) is 26.8 Å². The fraction of sp³-hybridized carbons (Fsp3) is 0.400. The molecule has 1 unspecified atom stereocenters. The maximum atomic E-state index is 12.7. The zero-order chi connectivity index (χ0) is 17.3. The third kappa shape index (κ3) is 3.97. The second-order valence-electron chi connectivity index (χ2n) is 6.01. The molecule has 0 spiro atoms. The second kappa shape index (κ2) is 6.41. The van der Waals surface area contributed by atoms with Crippen LogP contribution in [0.5, 0.6) is 0 Å². The predicted octanol–water partition coefficient (Wildman–Crippen LogP) is 2.56. The van der Waals surface area contributed by atoms with Crippen LogP contribution in [-0.2, 0) is 14.6 Å². The standard InChI is InChI=1S/C15H18ClN3O3S/c1-11(19-10-17-9-18-19)14(20)15(2,3)8-23(21,22)13-6-4-12(16)5-7-13/h4-7,9-11H,8H2,1-3H3. The molecular weight excluding hydrogens is 338 g/mol. The van der Waals surface area contributed by atoms with Gasteiger partial charge in [0.15, 0.2) is 15.6 Å². The first-order chi connectivity index (χ1) is 10.6. The number of carbonyl (C=O) groups excluding carboxylic acids is 1. The van der Waals surface area contributed by atoms with E-state index in [-0.39, 0.29) is 16.4 Å². The van der Waals surface area contributed by atoms with E-state index in [1.165, 1.54) is 41.6 Å². The first kappa shape index (κ1) is 17.6. The van der Waals surface area contributed by atoms with Crippen molar-refractivity contribution in [1.82, 2.24) is 14.8 Å². The number of hydrogen-bond donors (Lipinski definition) is 0. The summed E-state index contributed by atoms with van der Waals surface area (Å²) in [7, 11) is -3.61. The number of Topliss-reactive ketones (excluding diaryl/α,β-unsaturated/α-hetero) is 1. The quantitative estimate of drug-likeness (QED) is 0.795. The fourth-order valence-electron chi connectivity index (χ4n) is 2.37. The van der Waals surface area contributed by atoms with Gasteiger partial charge in [-0.2, -0.15) is 5.10 Å². The number of carbonyl (C=O) groups is 1. The SMILES string of the molecule is CC(C(=O)C(C)(C)CS(=O)(=O)c1ccc(Cl)cc1)n1cncn1. The van der Waals surface area contributed by atoms with Crippen molar-refractivity contribution in [2.24, 2.45) is 5.41 Å².